The van der Waals surface area contributed by atoms with Crippen LogP contribution in [0.25, 0.3) is 10.9 Å². The molecular weight excluding hydrogens is 734 g/mol. The van der Waals surface area contributed by atoms with E-state index in [0.717, 1.165) is 16.5 Å². The van der Waals surface area contributed by atoms with E-state index in [1.165, 1.54) is 9.80 Å². The molecule has 0 spiro atoms. The molecule has 18 heteroatoms. The molecule has 0 unspecified atom stereocenters. The summed E-state index contributed by atoms with van der Waals surface area (Å²) in [5.41, 5.74) is 24.3. The lowest BCUT2D eigenvalue weighted by Crippen LogP contribution is -2.59. The fraction of sp³-hybridized carbons (Fsp3) is 0.615. The van der Waals surface area contributed by atoms with Gasteiger partial charge >= 0.3 is 5.97 Å². The maximum absolute atomic E-state index is 14.2. The van der Waals surface area contributed by atoms with Crippen molar-refractivity contribution in [2.24, 2.45) is 33.8 Å². The van der Waals surface area contributed by atoms with Gasteiger partial charge in [0.1, 0.15) is 30.2 Å². The molecule has 2 fully saturated rings. The Morgan fingerprint density at radius 3 is 2.11 bits per heavy atom. The lowest BCUT2D eigenvalue weighted by Gasteiger charge is -2.31. The average molecular weight is 796 g/mol. The minimum Gasteiger partial charge on any atom is -0.480 e. The van der Waals surface area contributed by atoms with Crippen LogP contribution in [0, 0.1) is 5.92 Å². The molecule has 4 rings (SSSR count). The molecule has 314 valence electrons. The Morgan fingerprint density at radius 1 is 0.860 bits per heavy atom. The van der Waals surface area contributed by atoms with E-state index >= 15 is 0 Å². The molecule has 2 aliphatic heterocycles. The number of likely N-dealkylation sites (tertiary alicyclic amines) is 2. The van der Waals surface area contributed by atoms with Crippen LogP contribution < -0.4 is 38.9 Å². The Bertz CT molecular complexity index is 1740. The van der Waals surface area contributed by atoms with Crippen molar-refractivity contribution < 1.29 is 33.9 Å². The first-order valence-electron chi connectivity index (χ1n) is 20.0. The molecule has 2 aromatic rings. The number of aromatic amines is 1. The molecule has 6 atom stereocenters. The summed E-state index contributed by atoms with van der Waals surface area (Å²) in [6.07, 6.45) is 5.97. The van der Waals surface area contributed by atoms with Crippen molar-refractivity contribution in [2.45, 2.75) is 121 Å². The summed E-state index contributed by atoms with van der Waals surface area (Å²) >= 11 is 0. The summed E-state index contributed by atoms with van der Waals surface area (Å²) < 4.78 is 0. The summed E-state index contributed by atoms with van der Waals surface area (Å²) in [5, 5.41) is 19.3. The van der Waals surface area contributed by atoms with Gasteiger partial charge in [-0.05, 0) is 88.3 Å². The zero-order chi connectivity index (χ0) is 41.6. The van der Waals surface area contributed by atoms with Gasteiger partial charge in [0.15, 0.2) is 5.96 Å². The van der Waals surface area contributed by atoms with Gasteiger partial charge in [0, 0.05) is 43.2 Å². The van der Waals surface area contributed by atoms with Gasteiger partial charge in [-0.3, -0.25) is 29.0 Å². The minimum absolute atomic E-state index is 0.0227. The second-order valence-corrected chi connectivity index (χ2v) is 15.4. The number of amides is 5. The van der Waals surface area contributed by atoms with Crippen molar-refractivity contribution in [3.63, 3.8) is 0 Å². The number of nitrogens with one attached hydrogen (secondary N) is 4. The summed E-state index contributed by atoms with van der Waals surface area (Å²) in [5.74, 6) is -3.77. The van der Waals surface area contributed by atoms with Gasteiger partial charge in [-0.15, -0.1) is 0 Å². The summed E-state index contributed by atoms with van der Waals surface area (Å²) in [7, 11) is 0. The smallest absolute Gasteiger partial charge is 0.326 e. The Hall–Kier alpha value is -5.23. The first-order chi connectivity index (χ1) is 27.2. The van der Waals surface area contributed by atoms with Crippen LogP contribution in [0.4, 0.5) is 0 Å². The maximum atomic E-state index is 14.2. The molecule has 1 aromatic carbocycles. The van der Waals surface area contributed by atoms with Crippen molar-refractivity contribution >= 4 is 52.4 Å². The average Bonchev–Trinajstić information content (AvgIpc) is 3.95. The molecule has 3 heterocycles. The van der Waals surface area contributed by atoms with Crippen molar-refractivity contribution in [3.8, 4) is 0 Å². The fourth-order valence-corrected chi connectivity index (χ4v) is 7.64. The van der Waals surface area contributed by atoms with Crippen LogP contribution in [0.1, 0.15) is 83.6 Å². The number of H-pyrrole nitrogens is 1. The van der Waals surface area contributed by atoms with Gasteiger partial charge in [-0.2, -0.15) is 0 Å². The van der Waals surface area contributed by atoms with Crippen LogP contribution in [0.2, 0.25) is 0 Å². The molecule has 5 amide bonds. The number of fused-ring (bicyclic) bond motifs is 1. The van der Waals surface area contributed by atoms with Crippen LogP contribution in [-0.4, -0.2) is 124 Å². The number of carbonyl (C=O) groups excluding carboxylic acids is 5. The number of carboxylic acid groups (broad SMARTS) is 1. The van der Waals surface area contributed by atoms with E-state index in [-0.39, 0.29) is 43.6 Å². The minimum atomic E-state index is -1.24. The van der Waals surface area contributed by atoms with Crippen molar-refractivity contribution in [3.05, 3.63) is 36.0 Å². The zero-order valence-electron chi connectivity index (χ0n) is 33.1. The summed E-state index contributed by atoms with van der Waals surface area (Å²) in [6, 6.07) is 1.56. The number of hydrogen-bond acceptors (Lipinski definition) is 9. The highest BCUT2D eigenvalue weighted by atomic mass is 16.4. The summed E-state index contributed by atoms with van der Waals surface area (Å²) in [4.78, 5) is 91.1. The topological polar surface area (TPSA) is 297 Å². The molecule has 57 heavy (non-hydrogen) atoms. The van der Waals surface area contributed by atoms with Gasteiger partial charge in [0.05, 0.1) is 6.04 Å². The number of carboxylic acids is 1. The highest BCUT2D eigenvalue weighted by Crippen LogP contribution is 2.23. The van der Waals surface area contributed by atoms with E-state index in [2.05, 4.69) is 25.9 Å². The number of carbonyl (C=O) groups is 6. The van der Waals surface area contributed by atoms with Crippen LogP contribution >= 0.6 is 0 Å². The predicted octanol–water partition coefficient (Wildman–Crippen LogP) is -0.213. The van der Waals surface area contributed by atoms with Gasteiger partial charge in [0.25, 0.3) is 0 Å². The van der Waals surface area contributed by atoms with Crippen LogP contribution in [0.5, 0.6) is 0 Å². The molecule has 2 saturated heterocycles. The van der Waals surface area contributed by atoms with E-state index in [0.29, 0.717) is 71.0 Å². The number of rotatable bonds is 21. The van der Waals surface area contributed by atoms with E-state index in [9.17, 15) is 33.9 Å². The molecule has 0 aliphatic carbocycles. The van der Waals surface area contributed by atoms with Crippen molar-refractivity contribution in [1.29, 1.82) is 0 Å². The van der Waals surface area contributed by atoms with Crippen molar-refractivity contribution in [2.75, 3.05) is 26.2 Å². The number of aliphatic imine (C=N–C) groups is 1. The second kappa shape index (κ2) is 21.3. The number of hydrogen-bond donors (Lipinski definition) is 9. The molecule has 18 nitrogen and oxygen atoms in total. The van der Waals surface area contributed by atoms with E-state index in [1.54, 1.807) is 6.20 Å². The number of nitrogens with two attached hydrogens (primary N) is 4. The largest absolute Gasteiger partial charge is 0.480 e. The number of guanidine groups is 1. The highest BCUT2D eigenvalue weighted by molar-refractivity contribution is 5.97. The first kappa shape index (κ1) is 44.5. The molecule has 0 bridgehead atoms. The molecular formula is C39H61N11O7. The Balaban J connectivity index is 1.44. The highest BCUT2D eigenvalue weighted by Gasteiger charge is 2.41. The van der Waals surface area contributed by atoms with Crippen LogP contribution in [-0.2, 0) is 35.2 Å². The van der Waals surface area contributed by atoms with E-state index < -0.39 is 65.8 Å². The monoisotopic (exact) mass is 795 g/mol. The van der Waals surface area contributed by atoms with Gasteiger partial charge < -0.3 is 58.8 Å². The fourth-order valence-electron chi connectivity index (χ4n) is 7.64. The van der Waals surface area contributed by atoms with Gasteiger partial charge in [-0.1, -0.05) is 32.0 Å². The first-order valence-corrected chi connectivity index (χ1v) is 20.0. The van der Waals surface area contributed by atoms with Gasteiger partial charge in [0.2, 0.25) is 29.5 Å². The number of benzene rings is 1. The molecule has 1 aromatic heterocycles. The van der Waals surface area contributed by atoms with E-state index in [1.807, 2.05) is 38.1 Å². The second-order valence-electron chi connectivity index (χ2n) is 15.4. The molecule has 0 radical (unpaired) electrons. The standard InChI is InChI=1S/C39H61N11O7/c1-23(2)20-29(47-34(52)31-14-8-18-49(31)36(54)26(41)11-7-17-44-39(42)43)33(51)46-28(13-5-6-16-40)37(55)50-19-9-15-32(50)35(53)48-30(38(56)57)21-24-22-45-27-12-4-3-10-25(24)27/h3-4,10,12,22-23,26,28-32,45H,5-9,11,13-21,40-41H2,1-2H3,(H,46,51)(H,47,52)(H,48,53)(H,56,57)(H4,42,43,44)/t26-,28-,29-,30-,31+,32-/m0/s1. The maximum Gasteiger partial charge on any atom is 0.326 e. The normalized spacial score (nSPS) is 18.8. The zero-order valence-corrected chi connectivity index (χ0v) is 33.1. The summed E-state index contributed by atoms with van der Waals surface area (Å²) in [6.45, 7) is 5.09. The third-order valence-electron chi connectivity index (χ3n) is 10.6. The number of aromatic nitrogens is 1. The molecule has 13 N–H and O–H groups in total. The molecule has 0 saturated carbocycles. The lowest BCUT2D eigenvalue weighted by molar-refractivity contribution is -0.145. The van der Waals surface area contributed by atoms with E-state index in [4.69, 9.17) is 22.9 Å². The Kier molecular flexibility index (Phi) is 16.7. The Morgan fingerprint density at radius 2 is 1.49 bits per heavy atom. The third kappa shape index (κ3) is 12.4. The number of aliphatic carboxylic acids is 1. The predicted molar refractivity (Wildman–Crippen MR) is 215 cm³/mol. The number of nitrogens with zero attached hydrogens (tertiary/aromatic N) is 3. The van der Waals surface area contributed by atoms with Crippen LogP contribution in [0.3, 0.4) is 0 Å². The lowest BCUT2D eigenvalue weighted by atomic mass is 10.0. The molecule has 2 aliphatic rings. The SMILES string of the molecule is CC(C)C[C@H](NC(=O)[C@H]1CCCN1C(=O)[C@@H](N)CCCN=C(N)N)C(=O)N[C@@H](CCCCN)C(=O)N1CCC[C@H]1C(=O)N[C@@H](Cc1c[nH]c2ccccc12)C(=O)O. The Labute approximate surface area is 333 Å². The van der Waals surface area contributed by atoms with Gasteiger partial charge in [-0.25, -0.2) is 4.79 Å². The number of para-hydroxylation sites is 1. The van der Waals surface area contributed by atoms with Crippen molar-refractivity contribution in [1.82, 2.24) is 30.7 Å². The number of unbranched alkanes of at least 4 members (excludes halogenated alkanes) is 1. The quantitative estimate of drug-likeness (QED) is 0.0452. The third-order valence-corrected chi connectivity index (χ3v) is 10.6. The van der Waals surface area contributed by atoms with Crippen LogP contribution in [0.15, 0.2) is 35.5 Å².